The average molecular weight is 625 g/mol. The Bertz CT molecular complexity index is 1340. The van der Waals surface area contributed by atoms with E-state index in [1.807, 2.05) is 17.8 Å². The van der Waals surface area contributed by atoms with Crippen molar-refractivity contribution in [3.05, 3.63) is 48.0 Å². The van der Waals surface area contributed by atoms with Crippen molar-refractivity contribution in [1.29, 1.82) is 0 Å². The largest absolute Gasteiger partial charge is 0.486 e. The minimum Gasteiger partial charge on any atom is -0.486 e. The fraction of sp³-hybridized carbons (Fsp3) is 0.576. The Balaban J connectivity index is 1.58. The number of imidazole rings is 1. The van der Waals surface area contributed by atoms with Crippen LogP contribution in [0.4, 0.5) is 0 Å². The van der Waals surface area contributed by atoms with Crippen LogP contribution in [0.5, 0.6) is 5.75 Å². The summed E-state index contributed by atoms with van der Waals surface area (Å²) < 4.78 is 7.60. The molecule has 246 valence electrons. The highest BCUT2D eigenvalue weighted by Crippen LogP contribution is 2.21. The summed E-state index contributed by atoms with van der Waals surface area (Å²) in [6.45, 7) is 10.6. The van der Waals surface area contributed by atoms with Crippen LogP contribution < -0.4 is 26.0 Å². The number of nitrogens with zero attached hydrogens (tertiary/aromatic N) is 2. The van der Waals surface area contributed by atoms with Crippen molar-refractivity contribution in [2.45, 2.75) is 104 Å². The number of benzene rings is 1. The molecule has 1 aromatic carbocycles. The van der Waals surface area contributed by atoms with E-state index in [4.69, 9.17) is 4.74 Å². The summed E-state index contributed by atoms with van der Waals surface area (Å²) in [5.41, 5.74) is -0.369. The third kappa shape index (κ3) is 10.2. The Labute approximate surface area is 265 Å². The van der Waals surface area contributed by atoms with Crippen LogP contribution in [0.15, 0.2) is 36.7 Å². The molecule has 1 aromatic heterocycles. The molecular formula is C33H48N6O6. The van der Waals surface area contributed by atoms with Crippen LogP contribution in [0, 0.1) is 11.3 Å². The number of aryl methyl sites for hydroxylation is 1. The fourth-order valence-corrected chi connectivity index (χ4v) is 5.10. The molecule has 0 aliphatic heterocycles. The first-order chi connectivity index (χ1) is 21.2. The monoisotopic (exact) mass is 624 g/mol. The standard InChI is InChI=1S/C33H48N6O6/c1-20(2)26(27(40)31(43)36-23-11-9-8-10-12-23)37-29(41)21(3)35-32(44)28(33(4,5)6)38-30(42)22-13-15-24(16-14-22)45-19-25-34-17-18-39(25)7/h13-18,20-21,23,26,28H,8-12,19H2,1-7H3,(H,35,44)(H,36,43)(H,37,41)(H,38,42)/t21?,26-,28+/m0/s1. The molecule has 0 spiro atoms. The van der Waals surface area contributed by atoms with Gasteiger partial charge in [0.1, 0.15) is 30.3 Å². The van der Waals surface area contributed by atoms with E-state index in [1.165, 1.54) is 6.92 Å². The zero-order valence-electron chi connectivity index (χ0n) is 27.4. The first-order valence-corrected chi connectivity index (χ1v) is 15.6. The number of Topliss-reactive ketones (excluding diaryl/α,β-unsaturated/α-hetero) is 1. The van der Waals surface area contributed by atoms with Gasteiger partial charge in [-0.15, -0.1) is 0 Å². The van der Waals surface area contributed by atoms with Gasteiger partial charge in [0.05, 0.1) is 6.04 Å². The molecule has 4 amide bonds. The molecule has 1 heterocycles. The molecular weight excluding hydrogens is 576 g/mol. The lowest BCUT2D eigenvalue weighted by molar-refractivity contribution is -0.141. The van der Waals surface area contributed by atoms with Crippen LogP contribution in [0.1, 0.15) is 89.8 Å². The Kier molecular flexibility index (Phi) is 12.3. The average Bonchev–Trinajstić information content (AvgIpc) is 3.41. The second-order valence-electron chi connectivity index (χ2n) is 13.2. The summed E-state index contributed by atoms with van der Waals surface area (Å²) in [5, 5.41) is 10.9. The van der Waals surface area contributed by atoms with Gasteiger partial charge >= 0.3 is 0 Å². The van der Waals surface area contributed by atoms with E-state index < -0.39 is 53.0 Å². The molecule has 0 radical (unpaired) electrons. The number of amides is 4. The van der Waals surface area contributed by atoms with Gasteiger partial charge in [0.15, 0.2) is 0 Å². The summed E-state index contributed by atoms with van der Waals surface area (Å²) in [6.07, 6.45) is 8.30. The van der Waals surface area contributed by atoms with E-state index in [0.717, 1.165) is 37.9 Å². The third-order valence-corrected chi connectivity index (χ3v) is 7.97. The highest BCUT2D eigenvalue weighted by Gasteiger charge is 2.36. The predicted octanol–water partition coefficient (Wildman–Crippen LogP) is 2.81. The van der Waals surface area contributed by atoms with Gasteiger partial charge in [-0.05, 0) is 55.4 Å². The Morgan fingerprint density at radius 2 is 1.58 bits per heavy atom. The summed E-state index contributed by atoms with van der Waals surface area (Å²) in [5.74, 6) is -2.09. The Hall–Kier alpha value is -4.22. The number of ketones is 1. The molecule has 45 heavy (non-hydrogen) atoms. The van der Waals surface area contributed by atoms with Gasteiger partial charge in [-0.25, -0.2) is 4.98 Å². The lowest BCUT2D eigenvalue weighted by atomic mass is 9.85. The molecule has 0 bridgehead atoms. The Morgan fingerprint density at radius 1 is 0.933 bits per heavy atom. The molecule has 1 saturated carbocycles. The van der Waals surface area contributed by atoms with E-state index >= 15 is 0 Å². The number of carbonyl (C=O) groups excluding carboxylic acids is 5. The van der Waals surface area contributed by atoms with Crippen LogP contribution in [-0.2, 0) is 32.8 Å². The molecule has 3 rings (SSSR count). The summed E-state index contributed by atoms with van der Waals surface area (Å²) in [6, 6.07) is 3.43. The van der Waals surface area contributed by atoms with E-state index in [1.54, 1.807) is 65.1 Å². The summed E-state index contributed by atoms with van der Waals surface area (Å²) in [7, 11) is 1.87. The van der Waals surface area contributed by atoms with E-state index in [2.05, 4.69) is 26.3 Å². The highest BCUT2D eigenvalue weighted by atomic mass is 16.5. The second-order valence-corrected chi connectivity index (χ2v) is 13.2. The molecule has 2 aromatic rings. The van der Waals surface area contributed by atoms with Gasteiger partial charge in [-0.2, -0.15) is 0 Å². The highest BCUT2D eigenvalue weighted by molar-refractivity contribution is 6.38. The minimum atomic E-state index is -1.05. The predicted molar refractivity (Wildman–Crippen MR) is 169 cm³/mol. The zero-order valence-corrected chi connectivity index (χ0v) is 27.4. The zero-order chi connectivity index (χ0) is 33.3. The maximum Gasteiger partial charge on any atom is 0.289 e. The topological polar surface area (TPSA) is 161 Å². The van der Waals surface area contributed by atoms with Gasteiger partial charge < -0.3 is 30.6 Å². The second kappa shape index (κ2) is 15.7. The number of rotatable bonds is 13. The molecule has 12 nitrogen and oxygen atoms in total. The normalized spacial score (nSPS) is 15.8. The van der Waals surface area contributed by atoms with Gasteiger partial charge in [0.25, 0.3) is 11.8 Å². The number of nitrogens with one attached hydrogen (secondary N) is 4. The first-order valence-electron chi connectivity index (χ1n) is 15.6. The van der Waals surface area contributed by atoms with Crippen LogP contribution in [-0.4, -0.2) is 63.1 Å². The van der Waals surface area contributed by atoms with Gasteiger partial charge in [-0.3, -0.25) is 24.0 Å². The van der Waals surface area contributed by atoms with Crippen molar-refractivity contribution in [2.24, 2.45) is 18.4 Å². The molecule has 0 saturated heterocycles. The van der Waals surface area contributed by atoms with E-state index in [-0.39, 0.29) is 18.6 Å². The summed E-state index contributed by atoms with van der Waals surface area (Å²) in [4.78, 5) is 69.5. The van der Waals surface area contributed by atoms with Gasteiger partial charge in [-0.1, -0.05) is 53.9 Å². The van der Waals surface area contributed by atoms with Crippen LogP contribution in [0.2, 0.25) is 0 Å². The van der Waals surface area contributed by atoms with Gasteiger partial charge in [0, 0.05) is 31.0 Å². The van der Waals surface area contributed by atoms with Crippen molar-refractivity contribution >= 4 is 29.4 Å². The molecule has 1 aliphatic carbocycles. The maximum absolute atomic E-state index is 13.4. The summed E-state index contributed by atoms with van der Waals surface area (Å²) >= 11 is 0. The van der Waals surface area contributed by atoms with Crippen LogP contribution in [0.25, 0.3) is 0 Å². The maximum atomic E-state index is 13.4. The number of carbonyl (C=O) groups is 5. The fourth-order valence-electron chi connectivity index (χ4n) is 5.10. The van der Waals surface area contributed by atoms with Crippen molar-refractivity contribution in [1.82, 2.24) is 30.8 Å². The number of aromatic nitrogens is 2. The number of ether oxygens (including phenoxy) is 1. The van der Waals surface area contributed by atoms with Gasteiger partial charge in [0.2, 0.25) is 17.6 Å². The minimum absolute atomic E-state index is 0.0372. The lowest BCUT2D eigenvalue weighted by Crippen LogP contribution is -2.59. The van der Waals surface area contributed by atoms with Crippen molar-refractivity contribution in [3.8, 4) is 5.75 Å². The molecule has 4 N–H and O–H groups in total. The molecule has 3 atom stereocenters. The Morgan fingerprint density at radius 3 is 2.13 bits per heavy atom. The quantitative estimate of drug-likeness (QED) is 0.249. The smallest absolute Gasteiger partial charge is 0.289 e. The lowest BCUT2D eigenvalue weighted by Gasteiger charge is -2.31. The SMILES string of the molecule is CC(NC(=O)[C@@H](NC(=O)c1ccc(OCc2nccn2C)cc1)C(C)(C)C)C(=O)N[C@H](C(=O)C(=O)NC1CCCCC1)C(C)C. The molecule has 12 heteroatoms. The molecule has 1 fully saturated rings. The molecule has 1 unspecified atom stereocenters. The number of hydrogen-bond donors (Lipinski definition) is 4. The van der Waals surface area contributed by atoms with Crippen molar-refractivity contribution in [2.75, 3.05) is 0 Å². The first kappa shape index (κ1) is 35.3. The molecule has 1 aliphatic rings. The third-order valence-electron chi connectivity index (χ3n) is 7.97. The van der Waals surface area contributed by atoms with Crippen LogP contribution >= 0.6 is 0 Å². The van der Waals surface area contributed by atoms with Crippen molar-refractivity contribution < 1.29 is 28.7 Å². The van der Waals surface area contributed by atoms with E-state index in [0.29, 0.717) is 11.3 Å². The number of hydrogen-bond acceptors (Lipinski definition) is 7. The van der Waals surface area contributed by atoms with E-state index in [9.17, 15) is 24.0 Å². The van der Waals surface area contributed by atoms with Crippen molar-refractivity contribution in [3.63, 3.8) is 0 Å². The van der Waals surface area contributed by atoms with Crippen LogP contribution in [0.3, 0.4) is 0 Å².